The molecule has 0 aromatic rings. The van der Waals surface area contributed by atoms with E-state index in [1.54, 1.807) is 0 Å². The Morgan fingerprint density at radius 2 is 2.07 bits per heavy atom. The zero-order valence-electron chi connectivity index (χ0n) is 7.92. The Hall–Kier alpha value is -0.800. The third-order valence-electron chi connectivity index (χ3n) is 0.913. The van der Waals surface area contributed by atoms with Crippen molar-refractivity contribution in [1.82, 2.24) is 4.47 Å². The molecule has 0 saturated carbocycles. The number of alkyl halides is 3. The van der Waals surface area contributed by atoms with Crippen molar-refractivity contribution in [1.29, 1.82) is 5.41 Å². The molecule has 0 aliphatic heterocycles. The molecule has 0 radical (unpaired) electrons. The second-order valence-electron chi connectivity index (χ2n) is 2.12. The molecule has 0 amide bonds. The number of nitrogens with zero attached hydrogens (tertiary/aromatic N) is 1. The maximum atomic E-state index is 11.6. The highest BCUT2D eigenvalue weighted by atomic mass is 32.2. The number of hydrogen-bond donors (Lipinski definition) is 1. The second-order valence-corrected chi connectivity index (χ2v) is 3.22. The predicted molar refractivity (Wildman–Crippen MR) is 46.9 cm³/mol. The van der Waals surface area contributed by atoms with Gasteiger partial charge >= 0.3 is 12.3 Å². The number of carbonyl (C=O) groups is 1. The summed E-state index contributed by atoms with van der Waals surface area (Å²) in [6.07, 6.45) is -4.85. The van der Waals surface area contributed by atoms with E-state index in [2.05, 4.69) is 9.57 Å². The molecular formula is C6H9F3N2O3S. The van der Waals surface area contributed by atoms with Crippen molar-refractivity contribution in [3.63, 3.8) is 0 Å². The highest BCUT2D eigenvalue weighted by molar-refractivity contribution is 8.13. The minimum absolute atomic E-state index is 0.0472. The fourth-order valence-electron chi connectivity index (χ4n) is 0.527. The third kappa shape index (κ3) is 7.17. The zero-order valence-corrected chi connectivity index (χ0v) is 8.74. The van der Waals surface area contributed by atoms with Gasteiger partial charge in [-0.05, 0) is 6.92 Å². The molecule has 0 unspecified atom stereocenters. The Morgan fingerprint density at radius 1 is 1.53 bits per heavy atom. The average Bonchev–Trinajstić information content (AvgIpc) is 2.00. The molecule has 0 rings (SSSR count). The SMILES string of the molecule is CCOC(=O)C(=N)SN(C)OC(F)(F)F. The minimum Gasteiger partial charge on any atom is -0.461 e. The van der Waals surface area contributed by atoms with Crippen LogP contribution in [0.3, 0.4) is 0 Å². The molecular weight excluding hydrogens is 237 g/mol. The van der Waals surface area contributed by atoms with Crippen LogP contribution in [0.2, 0.25) is 0 Å². The standard InChI is InChI=1S/C6H9F3N2O3S/c1-3-13-5(12)4(10)15-11(2)14-6(7,8)9/h10H,3H2,1-2H3. The van der Waals surface area contributed by atoms with Gasteiger partial charge in [-0.15, -0.1) is 17.6 Å². The summed E-state index contributed by atoms with van der Waals surface area (Å²) in [5.74, 6) is -1.000. The second kappa shape index (κ2) is 5.93. The van der Waals surface area contributed by atoms with Crippen LogP contribution in [-0.4, -0.2) is 35.5 Å². The molecule has 88 valence electrons. The monoisotopic (exact) mass is 246 g/mol. The number of hydroxylamine groups is 1. The van der Waals surface area contributed by atoms with Gasteiger partial charge in [-0.25, -0.2) is 4.79 Å². The molecule has 15 heavy (non-hydrogen) atoms. The van der Waals surface area contributed by atoms with Gasteiger partial charge in [0.05, 0.1) is 6.61 Å². The lowest BCUT2D eigenvalue weighted by Crippen LogP contribution is -2.26. The van der Waals surface area contributed by atoms with E-state index >= 15 is 0 Å². The van der Waals surface area contributed by atoms with Gasteiger partial charge < -0.3 is 4.74 Å². The molecule has 0 spiro atoms. The molecule has 0 fully saturated rings. The molecule has 0 bridgehead atoms. The Kier molecular flexibility index (Phi) is 5.61. The Bertz CT molecular complexity index is 246. The fourth-order valence-corrected chi connectivity index (χ4v) is 1.04. The summed E-state index contributed by atoms with van der Waals surface area (Å²) >= 11 is 0.174. The van der Waals surface area contributed by atoms with Crippen LogP contribution in [0.4, 0.5) is 13.2 Å². The van der Waals surface area contributed by atoms with Crippen LogP contribution >= 0.6 is 11.9 Å². The van der Waals surface area contributed by atoms with Crippen molar-refractivity contribution in [2.24, 2.45) is 0 Å². The fraction of sp³-hybridized carbons (Fsp3) is 0.667. The van der Waals surface area contributed by atoms with Crippen LogP contribution in [-0.2, 0) is 14.4 Å². The third-order valence-corrected chi connectivity index (χ3v) is 1.59. The van der Waals surface area contributed by atoms with Gasteiger partial charge in [-0.2, -0.15) is 4.84 Å². The first-order valence-corrected chi connectivity index (χ1v) is 4.46. The van der Waals surface area contributed by atoms with Crippen LogP contribution in [0.25, 0.3) is 0 Å². The van der Waals surface area contributed by atoms with E-state index in [4.69, 9.17) is 5.41 Å². The molecule has 0 aliphatic rings. The largest absolute Gasteiger partial charge is 0.539 e. The molecule has 0 saturated heterocycles. The van der Waals surface area contributed by atoms with Crippen molar-refractivity contribution in [2.45, 2.75) is 13.3 Å². The summed E-state index contributed by atoms with van der Waals surface area (Å²) in [6, 6.07) is 0. The summed E-state index contributed by atoms with van der Waals surface area (Å²) < 4.78 is 39.6. The Labute approximate surface area is 88.1 Å². The van der Waals surface area contributed by atoms with E-state index in [0.717, 1.165) is 7.05 Å². The van der Waals surface area contributed by atoms with Crippen molar-refractivity contribution >= 4 is 23.0 Å². The first kappa shape index (κ1) is 14.2. The van der Waals surface area contributed by atoms with Crippen molar-refractivity contribution < 1.29 is 27.5 Å². The van der Waals surface area contributed by atoms with E-state index < -0.39 is 17.4 Å². The zero-order chi connectivity index (χ0) is 12.1. The number of rotatable bonds is 3. The molecule has 0 aromatic heterocycles. The Morgan fingerprint density at radius 3 is 2.47 bits per heavy atom. The minimum atomic E-state index is -4.85. The van der Waals surface area contributed by atoms with E-state index in [1.807, 2.05) is 0 Å². The molecule has 9 heteroatoms. The van der Waals surface area contributed by atoms with E-state index in [-0.39, 0.29) is 23.0 Å². The van der Waals surface area contributed by atoms with E-state index in [1.165, 1.54) is 6.92 Å². The maximum Gasteiger partial charge on any atom is 0.539 e. The summed E-state index contributed by atoms with van der Waals surface area (Å²) in [6.45, 7) is 1.57. The summed E-state index contributed by atoms with van der Waals surface area (Å²) in [5, 5.41) is 6.34. The molecule has 0 atom stereocenters. The number of ether oxygens (including phenoxy) is 1. The lowest BCUT2D eigenvalue weighted by atomic mass is 10.7. The molecule has 5 nitrogen and oxygen atoms in total. The first-order valence-electron chi connectivity index (χ1n) is 3.69. The van der Waals surface area contributed by atoms with E-state index in [0.29, 0.717) is 0 Å². The van der Waals surface area contributed by atoms with Crippen molar-refractivity contribution in [3.05, 3.63) is 0 Å². The van der Waals surface area contributed by atoms with Gasteiger partial charge in [0.2, 0.25) is 0 Å². The number of esters is 1. The number of carbonyl (C=O) groups excluding carboxylic acids is 1. The van der Waals surface area contributed by atoms with Gasteiger partial charge in [-0.1, -0.05) is 0 Å². The lowest BCUT2D eigenvalue weighted by Gasteiger charge is -2.15. The topological polar surface area (TPSA) is 62.6 Å². The first-order chi connectivity index (χ1) is 6.76. The Balaban J connectivity index is 4.02. The molecule has 0 aromatic carbocycles. The molecule has 1 N–H and O–H groups in total. The highest BCUT2D eigenvalue weighted by Gasteiger charge is 2.33. The van der Waals surface area contributed by atoms with Crippen LogP contribution in [0.15, 0.2) is 0 Å². The summed E-state index contributed by atoms with van der Waals surface area (Å²) in [4.78, 5) is 14.2. The van der Waals surface area contributed by atoms with Crippen LogP contribution < -0.4 is 0 Å². The van der Waals surface area contributed by atoms with Crippen molar-refractivity contribution in [3.8, 4) is 0 Å². The van der Waals surface area contributed by atoms with Crippen LogP contribution in [0, 0.1) is 5.41 Å². The van der Waals surface area contributed by atoms with Crippen LogP contribution in [0.5, 0.6) is 0 Å². The average molecular weight is 246 g/mol. The van der Waals surface area contributed by atoms with E-state index in [9.17, 15) is 18.0 Å². The quantitative estimate of drug-likeness (QED) is 0.269. The molecule has 0 heterocycles. The van der Waals surface area contributed by atoms with Gasteiger partial charge in [-0.3, -0.25) is 5.41 Å². The van der Waals surface area contributed by atoms with Gasteiger partial charge in [0, 0.05) is 19.0 Å². The maximum absolute atomic E-state index is 11.6. The lowest BCUT2D eigenvalue weighted by molar-refractivity contribution is -0.382. The predicted octanol–water partition coefficient (Wildman–Crippen LogP) is 1.56. The van der Waals surface area contributed by atoms with Gasteiger partial charge in [0.15, 0.2) is 5.04 Å². The van der Waals surface area contributed by atoms with Gasteiger partial charge in [0.1, 0.15) is 0 Å². The number of nitrogens with one attached hydrogen (secondary N) is 1. The summed E-state index contributed by atoms with van der Waals surface area (Å²) in [5.41, 5.74) is 0. The molecule has 0 aliphatic carbocycles. The summed E-state index contributed by atoms with van der Waals surface area (Å²) in [7, 11) is 0.923. The number of halogens is 3. The number of hydrogen-bond acceptors (Lipinski definition) is 6. The normalized spacial score (nSPS) is 11.6. The van der Waals surface area contributed by atoms with Crippen LogP contribution in [0.1, 0.15) is 6.92 Å². The van der Waals surface area contributed by atoms with Crippen molar-refractivity contribution in [2.75, 3.05) is 13.7 Å². The smallest absolute Gasteiger partial charge is 0.461 e. The van der Waals surface area contributed by atoms with Gasteiger partial charge in [0.25, 0.3) is 0 Å². The highest BCUT2D eigenvalue weighted by Crippen LogP contribution is 2.22.